The maximum atomic E-state index is 12.2. The van der Waals surface area contributed by atoms with E-state index in [1.165, 1.54) is 31.8 Å². The van der Waals surface area contributed by atoms with Crippen LogP contribution in [0.15, 0.2) is 30.5 Å². The molecule has 0 amide bonds. The van der Waals surface area contributed by atoms with Gasteiger partial charge in [-0.05, 0) is 13.0 Å². The van der Waals surface area contributed by atoms with Crippen molar-refractivity contribution < 1.29 is 14.3 Å². The van der Waals surface area contributed by atoms with Crippen molar-refractivity contribution in [2.75, 3.05) is 14.2 Å². The smallest absolute Gasteiger partial charge is 0.342 e. The molecule has 0 fully saturated rings. The predicted molar refractivity (Wildman–Crippen MR) is 93.0 cm³/mol. The van der Waals surface area contributed by atoms with Gasteiger partial charge in [0.2, 0.25) is 4.96 Å². The number of hydrogen-bond acceptors (Lipinski definition) is 6. The van der Waals surface area contributed by atoms with Gasteiger partial charge in [-0.15, -0.1) is 0 Å². The van der Waals surface area contributed by atoms with Gasteiger partial charge in [-0.3, -0.25) is 0 Å². The van der Waals surface area contributed by atoms with Crippen molar-refractivity contribution in [3.8, 4) is 11.3 Å². The molecule has 0 N–H and O–H groups in total. The Morgan fingerprint density at radius 2 is 2.08 bits per heavy atom. The van der Waals surface area contributed by atoms with Crippen molar-refractivity contribution >= 4 is 39.4 Å². The van der Waals surface area contributed by atoms with Crippen LogP contribution < -0.4 is 0 Å². The van der Waals surface area contributed by atoms with Gasteiger partial charge in [0, 0.05) is 5.56 Å². The van der Waals surface area contributed by atoms with Gasteiger partial charge in [-0.1, -0.05) is 41.1 Å². The molecular formula is C16H14ClN3O3S. The molecule has 0 saturated heterocycles. The van der Waals surface area contributed by atoms with Gasteiger partial charge >= 0.3 is 5.97 Å². The second-order valence-electron chi connectivity index (χ2n) is 4.87. The van der Waals surface area contributed by atoms with Crippen LogP contribution in [0.5, 0.6) is 0 Å². The summed E-state index contributed by atoms with van der Waals surface area (Å²) in [6, 6.07) is 7.36. The molecule has 0 aliphatic heterocycles. The normalized spacial score (nSPS) is 11.8. The molecule has 0 aliphatic carbocycles. The Morgan fingerprint density at radius 1 is 1.33 bits per heavy atom. The average molecular weight is 364 g/mol. The lowest BCUT2D eigenvalue weighted by Crippen LogP contribution is -2.05. The topological polar surface area (TPSA) is 65.7 Å². The van der Waals surface area contributed by atoms with E-state index in [4.69, 9.17) is 21.1 Å². The van der Waals surface area contributed by atoms with Crippen LogP contribution in [-0.4, -0.2) is 34.8 Å². The van der Waals surface area contributed by atoms with Crippen LogP contribution >= 0.6 is 22.9 Å². The van der Waals surface area contributed by atoms with Crippen LogP contribution in [0.25, 0.3) is 21.8 Å². The van der Waals surface area contributed by atoms with Crippen molar-refractivity contribution in [1.82, 2.24) is 14.6 Å². The van der Waals surface area contributed by atoms with Crippen LogP contribution in [-0.2, 0) is 14.3 Å². The monoisotopic (exact) mass is 363 g/mol. The first-order chi connectivity index (χ1) is 11.6. The van der Waals surface area contributed by atoms with E-state index in [1.54, 1.807) is 10.6 Å². The number of fused-ring (bicyclic) bond motifs is 1. The molecule has 0 unspecified atom stereocenters. The number of esters is 1. The minimum Gasteiger partial charge on any atom is -0.503 e. The number of aromatic nitrogens is 3. The molecule has 0 saturated carbocycles. The third-order valence-corrected chi connectivity index (χ3v) is 4.71. The second-order valence-corrected chi connectivity index (χ2v) is 6.26. The average Bonchev–Trinajstić information content (AvgIpc) is 3.08. The molecule has 0 bridgehead atoms. The van der Waals surface area contributed by atoms with Crippen molar-refractivity contribution in [1.29, 1.82) is 0 Å². The Balaban J connectivity index is 2.35. The van der Waals surface area contributed by atoms with E-state index in [1.807, 2.05) is 25.1 Å². The number of thiazole rings is 1. The number of carbonyl (C=O) groups is 1. The number of rotatable bonds is 4. The van der Waals surface area contributed by atoms with Crippen LogP contribution in [0.1, 0.15) is 10.7 Å². The Bertz CT molecular complexity index is 945. The number of nitrogens with zero attached hydrogens (tertiary/aromatic N) is 3. The zero-order valence-corrected chi connectivity index (χ0v) is 14.8. The zero-order valence-electron chi connectivity index (χ0n) is 13.2. The van der Waals surface area contributed by atoms with Crippen LogP contribution in [0.2, 0.25) is 5.02 Å². The lowest BCUT2D eigenvalue weighted by Gasteiger charge is -2.08. The van der Waals surface area contributed by atoms with E-state index in [2.05, 4.69) is 10.1 Å². The van der Waals surface area contributed by atoms with Gasteiger partial charge in [0.15, 0.2) is 0 Å². The third-order valence-electron chi connectivity index (χ3n) is 3.32. The van der Waals surface area contributed by atoms with E-state index >= 15 is 0 Å². The number of halogens is 1. The summed E-state index contributed by atoms with van der Waals surface area (Å²) in [5.41, 5.74) is 1.70. The summed E-state index contributed by atoms with van der Waals surface area (Å²) in [7, 11) is 2.79. The first kappa shape index (κ1) is 16.5. The van der Waals surface area contributed by atoms with Crippen molar-refractivity contribution in [2.45, 2.75) is 6.92 Å². The fourth-order valence-corrected chi connectivity index (χ4v) is 3.68. The zero-order chi connectivity index (χ0) is 17.3. The maximum absolute atomic E-state index is 12.2. The lowest BCUT2D eigenvalue weighted by molar-refractivity contribution is -0.133. The molecule has 0 radical (unpaired) electrons. The minimum absolute atomic E-state index is 0.282. The van der Waals surface area contributed by atoms with E-state index in [0.29, 0.717) is 26.4 Å². The lowest BCUT2D eigenvalue weighted by atomic mass is 10.1. The predicted octanol–water partition coefficient (Wildman–Crippen LogP) is 3.58. The first-order valence-corrected chi connectivity index (χ1v) is 8.19. The van der Waals surface area contributed by atoms with E-state index in [0.717, 1.165) is 5.56 Å². The number of benzene rings is 1. The molecule has 8 heteroatoms. The van der Waals surface area contributed by atoms with Crippen LogP contribution in [0.3, 0.4) is 0 Å². The van der Waals surface area contributed by atoms with Crippen LogP contribution in [0, 0.1) is 6.92 Å². The Hall–Kier alpha value is -2.38. The van der Waals surface area contributed by atoms with E-state index in [9.17, 15) is 4.79 Å². The molecule has 3 rings (SSSR count). The van der Waals surface area contributed by atoms with E-state index < -0.39 is 5.97 Å². The second kappa shape index (κ2) is 6.62. The highest BCUT2D eigenvalue weighted by Crippen LogP contribution is 2.39. The molecule has 2 heterocycles. The van der Waals surface area contributed by atoms with Gasteiger partial charge in [0.05, 0.1) is 36.1 Å². The molecule has 6 nitrogen and oxygen atoms in total. The molecule has 0 spiro atoms. The Labute approximate surface area is 147 Å². The fraction of sp³-hybridized carbons (Fsp3) is 0.188. The summed E-state index contributed by atoms with van der Waals surface area (Å²) in [5, 5.41) is 4.97. The molecule has 2 aromatic heterocycles. The number of carbonyl (C=O) groups excluding carboxylic acids is 1. The number of hydrogen-bond donors (Lipinski definition) is 0. The summed E-state index contributed by atoms with van der Waals surface area (Å²) in [4.78, 5) is 17.9. The molecule has 3 aromatic rings. The first-order valence-electron chi connectivity index (χ1n) is 6.99. The molecule has 0 atom stereocenters. The van der Waals surface area contributed by atoms with Gasteiger partial charge < -0.3 is 9.47 Å². The Morgan fingerprint density at radius 3 is 2.75 bits per heavy atom. The molecule has 24 heavy (non-hydrogen) atoms. The summed E-state index contributed by atoms with van der Waals surface area (Å²) < 4.78 is 11.6. The SMILES string of the molecule is COC=C(C(=O)OC)c1sc2nc(C)nn2c1-c1ccccc1Cl. The molecule has 1 aromatic carbocycles. The van der Waals surface area contributed by atoms with Crippen molar-refractivity contribution in [3.63, 3.8) is 0 Å². The number of ether oxygens (including phenoxy) is 2. The molecule has 124 valence electrons. The molecular weight excluding hydrogens is 350 g/mol. The summed E-state index contributed by atoms with van der Waals surface area (Å²) in [5.74, 6) is 0.128. The molecule has 0 aliphatic rings. The minimum atomic E-state index is -0.508. The van der Waals surface area contributed by atoms with Gasteiger partial charge in [0.1, 0.15) is 11.4 Å². The third kappa shape index (κ3) is 2.76. The quantitative estimate of drug-likeness (QED) is 0.402. The number of aryl methyl sites for hydroxylation is 1. The largest absolute Gasteiger partial charge is 0.503 e. The summed E-state index contributed by atoms with van der Waals surface area (Å²) in [6.07, 6.45) is 1.35. The standard InChI is InChI=1S/C16H14ClN3O3S/c1-9-18-16-20(19-9)13(10-6-4-5-7-12(10)17)14(24-16)11(8-22-2)15(21)23-3/h4-8H,1-3H3. The Kier molecular flexibility index (Phi) is 4.55. The maximum Gasteiger partial charge on any atom is 0.342 e. The van der Waals surface area contributed by atoms with Gasteiger partial charge in [-0.25, -0.2) is 14.3 Å². The highest BCUT2D eigenvalue weighted by molar-refractivity contribution is 7.18. The van der Waals surface area contributed by atoms with E-state index in [-0.39, 0.29) is 5.57 Å². The van der Waals surface area contributed by atoms with Gasteiger partial charge in [0.25, 0.3) is 0 Å². The fourth-order valence-electron chi connectivity index (χ4n) is 2.34. The van der Waals surface area contributed by atoms with Gasteiger partial charge in [-0.2, -0.15) is 5.10 Å². The summed E-state index contributed by atoms with van der Waals surface area (Å²) >= 11 is 7.69. The van der Waals surface area contributed by atoms with Crippen LogP contribution in [0.4, 0.5) is 0 Å². The highest BCUT2D eigenvalue weighted by Gasteiger charge is 2.26. The highest BCUT2D eigenvalue weighted by atomic mass is 35.5. The van der Waals surface area contributed by atoms with Crippen molar-refractivity contribution in [3.05, 3.63) is 46.3 Å². The van der Waals surface area contributed by atoms with Crippen molar-refractivity contribution in [2.24, 2.45) is 0 Å². The summed E-state index contributed by atoms with van der Waals surface area (Å²) in [6.45, 7) is 1.81. The number of methoxy groups -OCH3 is 2.